The van der Waals surface area contributed by atoms with E-state index in [9.17, 15) is 9.59 Å². The Balaban J connectivity index is 1.69. The van der Waals surface area contributed by atoms with Gasteiger partial charge >= 0.3 is 0 Å². The molecule has 5 nitrogen and oxygen atoms in total. The number of carbonyl (C=O) groups is 2. The largest absolute Gasteiger partial charge is 0.468 e. The number of amides is 1. The average Bonchev–Trinajstić information content (AvgIpc) is 3.29. The molecule has 0 atom stereocenters. The van der Waals surface area contributed by atoms with E-state index in [1.165, 1.54) is 11.8 Å². The number of furan rings is 1. The van der Waals surface area contributed by atoms with Crippen LogP contribution < -0.4 is 5.32 Å². The Morgan fingerprint density at radius 2 is 1.92 bits per heavy atom. The van der Waals surface area contributed by atoms with Crippen LogP contribution in [0.2, 0.25) is 0 Å². The molecule has 6 heteroatoms. The van der Waals surface area contributed by atoms with Gasteiger partial charge in [-0.05, 0) is 42.6 Å². The maximum atomic E-state index is 12.6. The second-order valence-electron chi connectivity index (χ2n) is 5.95. The van der Waals surface area contributed by atoms with Gasteiger partial charge in [-0.2, -0.15) is 0 Å². The molecule has 0 aliphatic rings. The fourth-order valence-electron chi connectivity index (χ4n) is 2.71. The Morgan fingerprint density at radius 3 is 2.62 bits per heavy atom. The Bertz CT molecular complexity index is 821. The summed E-state index contributed by atoms with van der Waals surface area (Å²) in [7, 11) is 0. The van der Waals surface area contributed by atoms with E-state index in [2.05, 4.69) is 5.32 Å². The molecule has 0 saturated heterocycles. The van der Waals surface area contributed by atoms with Gasteiger partial charge in [0.15, 0.2) is 5.78 Å². The molecule has 1 N–H and O–H groups in total. The lowest BCUT2D eigenvalue weighted by molar-refractivity contribution is -0.117. The van der Waals surface area contributed by atoms with Crippen LogP contribution in [0.3, 0.4) is 0 Å². The third-order valence-electron chi connectivity index (χ3n) is 3.87. The maximum absolute atomic E-state index is 12.6. The number of benzene rings is 1. The Morgan fingerprint density at radius 1 is 1.08 bits per heavy atom. The number of thiophene rings is 1. The maximum Gasteiger partial charge on any atom is 0.238 e. The second kappa shape index (κ2) is 8.60. The van der Waals surface area contributed by atoms with Gasteiger partial charge < -0.3 is 9.73 Å². The van der Waals surface area contributed by atoms with E-state index in [-0.39, 0.29) is 18.2 Å². The van der Waals surface area contributed by atoms with Crippen LogP contribution in [-0.4, -0.2) is 23.1 Å². The van der Waals surface area contributed by atoms with Crippen molar-refractivity contribution in [3.63, 3.8) is 0 Å². The van der Waals surface area contributed by atoms with Crippen LogP contribution in [-0.2, 0) is 17.9 Å². The Labute approximate surface area is 156 Å². The molecular weight excluding hydrogens is 348 g/mol. The zero-order chi connectivity index (χ0) is 18.4. The number of Topliss-reactive ketones (excluding diaryl/α,β-unsaturated/α-hetero) is 1. The molecule has 0 aliphatic heterocycles. The molecular formula is C20H20N2O3S. The molecule has 134 valence electrons. The van der Waals surface area contributed by atoms with E-state index >= 15 is 0 Å². The molecule has 2 heterocycles. The van der Waals surface area contributed by atoms with Gasteiger partial charge in [0.2, 0.25) is 5.91 Å². The highest BCUT2D eigenvalue weighted by atomic mass is 32.1. The first-order chi connectivity index (χ1) is 12.6. The highest BCUT2D eigenvalue weighted by molar-refractivity contribution is 7.09. The number of nitrogens with zero attached hydrogens (tertiary/aromatic N) is 1. The Hall–Kier alpha value is -2.70. The normalized spacial score (nSPS) is 10.8. The number of rotatable bonds is 8. The molecule has 3 aromatic rings. The van der Waals surface area contributed by atoms with Crippen LogP contribution in [0.4, 0.5) is 5.69 Å². The van der Waals surface area contributed by atoms with Gasteiger partial charge in [0.05, 0.1) is 25.0 Å². The van der Waals surface area contributed by atoms with Crippen LogP contribution >= 0.6 is 11.3 Å². The third kappa shape index (κ3) is 4.91. The number of para-hydroxylation sites is 1. The first-order valence-corrected chi connectivity index (χ1v) is 9.16. The van der Waals surface area contributed by atoms with E-state index in [4.69, 9.17) is 4.42 Å². The molecule has 1 aromatic carbocycles. The number of carbonyl (C=O) groups excluding carboxylic acids is 2. The molecule has 26 heavy (non-hydrogen) atoms. The van der Waals surface area contributed by atoms with Crippen molar-refractivity contribution in [3.05, 3.63) is 76.4 Å². The number of anilines is 1. The number of hydrogen-bond acceptors (Lipinski definition) is 5. The quantitative estimate of drug-likeness (QED) is 0.606. The van der Waals surface area contributed by atoms with Gasteiger partial charge in [-0.1, -0.05) is 18.2 Å². The summed E-state index contributed by atoms with van der Waals surface area (Å²) in [6.45, 7) is 2.88. The van der Waals surface area contributed by atoms with Crippen molar-refractivity contribution in [2.75, 3.05) is 11.9 Å². The fourth-order valence-corrected chi connectivity index (χ4v) is 3.45. The van der Waals surface area contributed by atoms with Crippen molar-refractivity contribution in [1.82, 2.24) is 4.90 Å². The summed E-state index contributed by atoms with van der Waals surface area (Å²) >= 11 is 1.65. The first-order valence-electron chi connectivity index (χ1n) is 8.29. The van der Waals surface area contributed by atoms with Gasteiger partial charge in [0.25, 0.3) is 0 Å². The zero-order valence-corrected chi connectivity index (χ0v) is 15.3. The third-order valence-corrected chi connectivity index (χ3v) is 4.73. The van der Waals surface area contributed by atoms with Crippen molar-refractivity contribution in [2.24, 2.45) is 0 Å². The predicted octanol–water partition coefficient (Wildman–Crippen LogP) is 4.18. The van der Waals surface area contributed by atoms with Crippen LogP contribution in [0, 0.1) is 0 Å². The molecule has 0 unspecified atom stereocenters. The minimum Gasteiger partial charge on any atom is -0.468 e. The molecule has 0 fully saturated rings. The molecule has 0 spiro atoms. The van der Waals surface area contributed by atoms with Crippen molar-refractivity contribution in [3.8, 4) is 0 Å². The number of ketones is 1. The van der Waals surface area contributed by atoms with Gasteiger partial charge in [-0.25, -0.2) is 0 Å². The minimum absolute atomic E-state index is 0.0769. The fraction of sp³-hybridized carbons (Fsp3) is 0.200. The van der Waals surface area contributed by atoms with Gasteiger partial charge in [0, 0.05) is 17.0 Å². The number of hydrogen-bond donors (Lipinski definition) is 1. The van der Waals surface area contributed by atoms with Crippen LogP contribution in [0.5, 0.6) is 0 Å². The standard InChI is InChI=1S/C20H20N2O3S/c1-15(23)18-8-2-3-9-19(18)21-20(24)14-22(12-16-6-4-10-25-16)13-17-7-5-11-26-17/h2-11H,12-14H2,1H3,(H,21,24). The van der Waals surface area contributed by atoms with Crippen LogP contribution in [0.25, 0.3) is 0 Å². The van der Waals surface area contributed by atoms with E-state index in [1.807, 2.05) is 34.5 Å². The van der Waals surface area contributed by atoms with Crippen molar-refractivity contribution < 1.29 is 14.0 Å². The highest BCUT2D eigenvalue weighted by Gasteiger charge is 2.16. The molecule has 0 bridgehead atoms. The van der Waals surface area contributed by atoms with Crippen molar-refractivity contribution in [2.45, 2.75) is 20.0 Å². The molecule has 1 amide bonds. The predicted molar refractivity (Wildman–Crippen MR) is 102 cm³/mol. The smallest absolute Gasteiger partial charge is 0.238 e. The summed E-state index contributed by atoms with van der Waals surface area (Å²) in [5.74, 6) is 0.562. The van der Waals surface area contributed by atoms with Gasteiger partial charge in [-0.3, -0.25) is 14.5 Å². The Kier molecular flexibility index (Phi) is 5.99. The van der Waals surface area contributed by atoms with Crippen molar-refractivity contribution in [1.29, 1.82) is 0 Å². The van der Waals surface area contributed by atoms with Gasteiger partial charge in [-0.15, -0.1) is 11.3 Å². The monoisotopic (exact) mass is 368 g/mol. The summed E-state index contributed by atoms with van der Waals surface area (Å²) in [5.41, 5.74) is 1.05. The van der Waals surface area contributed by atoms with E-state index < -0.39 is 0 Å². The highest BCUT2D eigenvalue weighted by Crippen LogP contribution is 2.17. The molecule has 0 aliphatic carbocycles. The number of nitrogens with one attached hydrogen (secondary N) is 1. The SMILES string of the molecule is CC(=O)c1ccccc1NC(=O)CN(Cc1ccco1)Cc1cccs1. The lowest BCUT2D eigenvalue weighted by atomic mass is 10.1. The molecule has 3 rings (SSSR count). The lowest BCUT2D eigenvalue weighted by Crippen LogP contribution is -2.32. The lowest BCUT2D eigenvalue weighted by Gasteiger charge is -2.20. The first kappa shape index (κ1) is 18.1. The summed E-state index contributed by atoms with van der Waals surface area (Å²) in [5, 5.41) is 4.87. The topological polar surface area (TPSA) is 62.6 Å². The van der Waals surface area contributed by atoms with Crippen LogP contribution in [0.15, 0.2) is 64.6 Å². The summed E-state index contributed by atoms with van der Waals surface area (Å²) in [6.07, 6.45) is 1.63. The van der Waals surface area contributed by atoms with E-state index in [0.29, 0.717) is 24.3 Å². The van der Waals surface area contributed by atoms with Gasteiger partial charge in [0.1, 0.15) is 5.76 Å². The molecule has 0 saturated carbocycles. The summed E-state index contributed by atoms with van der Waals surface area (Å²) < 4.78 is 5.42. The van der Waals surface area contributed by atoms with Crippen molar-refractivity contribution >= 4 is 28.7 Å². The summed E-state index contributed by atoms with van der Waals surface area (Å²) in [4.78, 5) is 27.5. The minimum atomic E-state index is -0.165. The second-order valence-corrected chi connectivity index (χ2v) is 6.99. The zero-order valence-electron chi connectivity index (χ0n) is 14.5. The van der Waals surface area contributed by atoms with Crippen LogP contribution in [0.1, 0.15) is 27.9 Å². The van der Waals surface area contributed by atoms with E-state index in [0.717, 1.165) is 5.76 Å². The average molecular weight is 368 g/mol. The summed E-state index contributed by atoms with van der Waals surface area (Å²) in [6, 6.07) is 14.8. The molecule has 2 aromatic heterocycles. The molecule has 0 radical (unpaired) electrons. The van der Waals surface area contributed by atoms with E-state index in [1.54, 1.807) is 41.9 Å².